The lowest BCUT2D eigenvalue weighted by Gasteiger charge is -2.39. The lowest BCUT2D eigenvalue weighted by Crippen LogP contribution is -2.58. The van der Waals surface area contributed by atoms with E-state index in [1.807, 2.05) is 24.3 Å². The maximum absolute atomic E-state index is 12.2. The van der Waals surface area contributed by atoms with E-state index in [-0.39, 0.29) is 18.3 Å². The van der Waals surface area contributed by atoms with E-state index in [4.69, 9.17) is 10.5 Å². The maximum Gasteiger partial charge on any atom is 0.242 e. The molecule has 1 fully saturated rings. The maximum atomic E-state index is 12.2. The number of methoxy groups -OCH3 is 1. The Kier molecular flexibility index (Phi) is 5.20. The van der Waals surface area contributed by atoms with Gasteiger partial charge in [-0.2, -0.15) is 0 Å². The summed E-state index contributed by atoms with van der Waals surface area (Å²) in [7, 11) is 3.44. The summed E-state index contributed by atoms with van der Waals surface area (Å²) in [5, 5.41) is 0. The Morgan fingerprint density at radius 3 is 2.37 bits per heavy atom. The number of carbonyl (C=O) groups excluding carboxylic acids is 1. The van der Waals surface area contributed by atoms with Gasteiger partial charge in [-0.1, -0.05) is 12.1 Å². The molecule has 1 saturated carbocycles. The van der Waals surface area contributed by atoms with E-state index >= 15 is 0 Å². The molecule has 2 rings (SSSR count). The zero-order valence-corrected chi connectivity index (χ0v) is 12.2. The zero-order valence-electron chi connectivity index (χ0n) is 11.4. The highest BCUT2D eigenvalue weighted by Gasteiger charge is 2.41. The van der Waals surface area contributed by atoms with Crippen molar-refractivity contribution in [3.05, 3.63) is 29.8 Å². The molecule has 0 saturated heterocycles. The highest BCUT2D eigenvalue weighted by atomic mass is 35.5. The van der Waals surface area contributed by atoms with Crippen LogP contribution in [0.15, 0.2) is 24.3 Å². The molecule has 19 heavy (non-hydrogen) atoms. The average Bonchev–Trinajstić information content (AvgIpc) is 2.36. The highest BCUT2D eigenvalue weighted by Crippen LogP contribution is 2.31. The van der Waals surface area contributed by atoms with E-state index in [1.54, 1.807) is 19.1 Å². The van der Waals surface area contributed by atoms with E-state index in [2.05, 4.69) is 0 Å². The molecule has 1 aromatic carbocycles. The Balaban J connectivity index is 0.00000180. The number of rotatable bonds is 4. The van der Waals surface area contributed by atoms with Crippen LogP contribution in [0.3, 0.4) is 0 Å². The Hall–Kier alpha value is -1.26. The van der Waals surface area contributed by atoms with E-state index in [9.17, 15) is 4.79 Å². The summed E-state index contributed by atoms with van der Waals surface area (Å²) in [6.45, 7) is 0.585. The molecule has 106 valence electrons. The minimum absolute atomic E-state index is 0. The van der Waals surface area contributed by atoms with Gasteiger partial charge >= 0.3 is 0 Å². The minimum atomic E-state index is -0.610. The first-order valence-corrected chi connectivity index (χ1v) is 6.22. The average molecular weight is 285 g/mol. The van der Waals surface area contributed by atoms with Gasteiger partial charge in [0.2, 0.25) is 5.91 Å². The van der Waals surface area contributed by atoms with Crippen LogP contribution in [0, 0.1) is 0 Å². The smallest absolute Gasteiger partial charge is 0.242 e. The van der Waals surface area contributed by atoms with Crippen LogP contribution in [0.1, 0.15) is 24.8 Å². The number of hydrogen-bond donors (Lipinski definition) is 1. The fourth-order valence-electron chi connectivity index (χ4n) is 2.23. The van der Waals surface area contributed by atoms with Gasteiger partial charge in [-0.05, 0) is 37.0 Å². The summed E-state index contributed by atoms with van der Waals surface area (Å²) in [5.41, 5.74) is 6.50. The number of amides is 1. The molecule has 0 aromatic heterocycles. The van der Waals surface area contributed by atoms with E-state index < -0.39 is 5.54 Å². The molecule has 0 spiro atoms. The summed E-state index contributed by atoms with van der Waals surface area (Å²) >= 11 is 0. The highest BCUT2D eigenvalue weighted by molar-refractivity contribution is 5.86. The molecule has 0 radical (unpaired) electrons. The third-order valence-electron chi connectivity index (χ3n) is 3.60. The molecule has 1 aromatic rings. The van der Waals surface area contributed by atoms with Crippen molar-refractivity contribution in [1.29, 1.82) is 0 Å². The third-order valence-corrected chi connectivity index (χ3v) is 3.60. The Bertz CT molecular complexity index is 430. The lowest BCUT2D eigenvalue weighted by atomic mass is 9.76. The van der Waals surface area contributed by atoms with Crippen molar-refractivity contribution in [3.63, 3.8) is 0 Å². The van der Waals surface area contributed by atoms with Crippen molar-refractivity contribution in [3.8, 4) is 5.75 Å². The first-order valence-electron chi connectivity index (χ1n) is 6.22. The second kappa shape index (κ2) is 6.26. The zero-order chi connectivity index (χ0) is 13.2. The molecule has 1 amide bonds. The summed E-state index contributed by atoms with van der Waals surface area (Å²) in [6, 6.07) is 7.73. The summed E-state index contributed by atoms with van der Waals surface area (Å²) in [6.07, 6.45) is 2.66. The van der Waals surface area contributed by atoms with Gasteiger partial charge in [-0.15, -0.1) is 12.4 Å². The summed E-state index contributed by atoms with van der Waals surface area (Å²) in [5.74, 6) is 0.867. The molecular formula is C14H21ClN2O2. The van der Waals surface area contributed by atoms with Crippen molar-refractivity contribution < 1.29 is 9.53 Å². The fourth-order valence-corrected chi connectivity index (χ4v) is 2.23. The molecule has 5 heteroatoms. The van der Waals surface area contributed by atoms with Gasteiger partial charge in [0.15, 0.2) is 0 Å². The van der Waals surface area contributed by atoms with Crippen LogP contribution in [-0.4, -0.2) is 30.5 Å². The van der Waals surface area contributed by atoms with Crippen LogP contribution in [0.25, 0.3) is 0 Å². The van der Waals surface area contributed by atoms with Crippen LogP contribution in [-0.2, 0) is 11.3 Å². The van der Waals surface area contributed by atoms with Crippen molar-refractivity contribution in [1.82, 2.24) is 4.90 Å². The number of hydrogen-bond acceptors (Lipinski definition) is 3. The van der Waals surface area contributed by atoms with Gasteiger partial charge in [-0.25, -0.2) is 0 Å². The summed E-state index contributed by atoms with van der Waals surface area (Å²) in [4.78, 5) is 13.9. The van der Waals surface area contributed by atoms with Crippen LogP contribution in [0.4, 0.5) is 0 Å². The van der Waals surface area contributed by atoms with Gasteiger partial charge in [0.25, 0.3) is 0 Å². The number of halogens is 1. The Morgan fingerprint density at radius 2 is 1.95 bits per heavy atom. The van der Waals surface area contributed by atoms with Crippen LogP contribution < -0.4 is 10.5 Å². The number of benzene rings is 1. The molecule has 0 atom stereocenters. The molecule has 1 aliphatic rings. The van der Waals surface area contributed by atoms with Crippen molar-refractivity contribution in [2.45, 2.75) is 31.3 Å². The minimum Gasteiger partial charge on any atom is -0.497 e. The molecule has 4 nitrogen and oxygen atoms in total. The van der Waals surface area contributed by atoms with Crippen molar-refractivity contribution in [2.24, 2.45) is 5.73 Å². The number of carbonyl (C=O) groups is 1. The first-order chi connectivity index (χ1) is 8.55. The third kappa shape index (κ3) is 3.39. The molecule has 0 bridgehead atoms. The molecule has 0 heterocycles. The molecular weight excluding hydrogens is 264 g/mol. The Labute approximate surface area is 120 Å². The summed E-state index contributed by atoms with van der Waals surface area (Å²) < 4.78 is 5.10. The molecule has 0 aliphatic heterocycles. The fraction of sp³-hybridized carbons (Fsp3) is 0.500. The van der Waals surface area contributed by atoms with Crippen molar-refractivity contribution in [2.75, 3.05) is 14.2 Å². The standard InChI is InChI=1S/C14H20N2O2.ClH/c1-16(13(17)14(15)8-3-9-14)10-11-4-6-12(18-2)7-5-11;/h4-7H,3,8-10,15H2,1-2H3;1H. The number of likely N-dealkylation sites (N-methyl/N-ethyl adjacent to an activating group) is 1. The van der Waals surface area contributed by atoms with Crippen LogP contribution >= 0.6 is 12.4 Å². The van der Waals surface area contributed by atoms with E-state index in [0.29, 0.717) is 6.54 Å². The lowest BCUT2D eigenvalue weighted by molar-refractivity contribution is -0.139. The van der Waals surface area contributed by atoms with E-state index in [0.717, 1.165) is 30.6 Å². The van der Waals surface area contributed by atoms with Gasteiger partial charge in [-0.3, -0.25) is 4.79 Å². The van der Waals surface area contributed by atoms with Crippen LogP contribution in [0.5, 0.6) is 5.75 Å². The van der Waals surface area contributed by atoms with Crippen LogP contribution in [0.2, 0.25) is 0 Å². The quantitative estimate of drug-likeness (QED) is 0.919. The topological polar surface area (TPSA) is 55.6 Å². The van der Waals surface area contributed by atoms with Gasteiger partial charge in [0, 0.05) is 13.6 Å². The second-order valence-corrected chi connectivity index (χ2v) is 5.02. The predicted molar refractivity (Wildman–Crippen MR) is 77.5 cm³/mol. The van der Waals surface area contributed by atoms with Crippen molar-refractivity contribution >= 4 is 18.3 Å². The number of nitrogens with two attached hydrogens (primary N) is 1. The predicted octanol–water partition coefficient (Wildman–Crippen LogP) is 1.96. The van der Waals surface area contributed by atoms with Gasteiger partial charge in [0.1, 0.15) is 5.75 Å². The second-order valence-electron chi connectivity index (χ2n) is 5.02. The molecule has 1 aliphatic carbocycles. The largest absolute Gasteiger partial charge is 0.497 e. The van der Waals surface area contributed by atoms with E-state index in [1.165, 1.54) is 0 Å². The SMILES string of the molecule is COc1ccc(CN(C)C(=O)C2(N)CCC2)cc1.Cl. The monoisotopic (exact) mass is 284 g/mol. The number of nitrogens with zero attached hydrogens (tertiary/aromatic N) is 1. The Morgan fingerprint density at radius 1 is 1.37 bits per heavy atom. The normalized spacial score (nSPS) is 15.9. The van der Waals surface area contributed by atoms with Gasteiger partial charge < -0.3 is 15.4 Å². The number of ether oxygens (including phenoxy) is 1. The first kappa shape index (κ1) is 15.8. The molecule has 2 N–H and O–H groups in total. The molecule has 0 unspecified atom stereocenters. The van der Waals surface area contributed by atoms with Gasteiger partial charge in [0.05, 0.1) is 12.6 Å².